The number of anilines is 1. The van der Waals surface area contributed by atoms with Crippen LogP contribution in [0.25, 0.3) is 0 Å². The van der Waals surface area contributed by atoms with E-state index in [4.69, 9.17) is 4.42 Å². The minimum atomic E-state index is 0.364. The van der Waals surface area contributed by atoms with Crippen LogP contribution in [0.4, 0.5) is 6.01 Å². The Morgan fingerprint density at radius 1 is 1.47 bits per heavy atom. The smallest absolute Gasteiger partial charge is 0.297 e. The van der Waals surface area contributed by atoms with Crippen molar-refractivity contribution >= 4 is 6.01 Å². The molecule has 0 saturated carbocycles. The second kappa shape index (κ2) is 5.53. The number of aromatic nitrogens is 1. The number of nitrogens with one attached hydrogen (secondary N) is 1. The lowest BCUT2D eigenvalue weighted by atomic mass is 9.80. The highest BCUT2D eigenvalue weighted by molar-refractivity contribution is 5.29. The van der Waals surface area contributed by atoms with Gasteiger partial charge in [-0.3, -0.25) is 0 Å². The predicted molar refractivity (Wildman–Crippen MR) is 78.3 cm³/mol. The first kappa shape index (κ1) is 14.4. The second-order valence-electron chi connectivity index (χ2n) is 6.95. The van der Waals surface area contributed by atoms with Crippen molar-refractivity contribution in [3.05, 3.63) is 12.0 Å². The maximum Gasteiger partial charge on any atom is 0.297 e. The van der Waals surface area contributed by atoms with Crippen LogP contribution in [0, 0.1) is 11.3 Å². The molecule has 2 heterocycles. The Bertz CT molecular complexity index is 406. The molecule has 0 aliphatic carbocycles. The Labute approximate surface area is 116 Å². The zero-order valence-corrected chi connectivity index (χ0v) is 12.9. The van der Waals surface area contributed by atoms with E-state index in [0.29, 0.717) is 11.5 Å². The van der Waals surface area contributed by atoms with E-state index in [0.717, 1.165) is 37.3 Å². The van der Waals surface area contributed by atoms with Gasteiger partial charge in [0, 0.05) is 25.7 Å². The van der Waals surface area contributed by atoms with Gasteiger partial charge in [-0.1, -0.05) is 34.6 Å². The maximum atomic E-state index is 5.62. The van der Waals surface area contributed by atoms with Gasteiger partial charge in [0.2, 0.25) is 0 Å². The van der Waals surface area contributed by atoms with Gasteiger partial charge < -0.3 is 14.6 Å². The zero-order valence-electron chi connectivity index (χ0n) is 12.9. The summed E-state index contributed by atoms with van der Waals surface area (Å²) in [4.78, 5) is 6.85. The van der Waals surface area contributed by atoms with Crippen molar-refractivity contribution in [2.75, 3.05) is 18.0 Å². The molecule has 1 aromatic rings. The fourth-order valence-electron chi connectivity index (χ4n) is 2.47. The molecular formula is C15H27N3O. The average Bonchev–Trinajstić information content (AvgIpc) is 2.94. The van der Waals surface area contributed by atoms with Crippen molar-refractivity contribution < 1.29 is 4.42 Å². The SMILES string of the molecule is CC(C)NCc1coc(N2CCC(C(C)(C)C)C2)n1. The highest BCUT2D eigenvalue weighted by Crippen LogP contribution is 2.35. The molecule has 1 aliphatic heterocycles. The first-order valence-electron chi connectivity index (χ1n) is 7.29. The van der Waals surface area contributed by atoms with Crippen LogP contribution in [-0.4, -0.2) is 24.1 Å². The summed E-state index contributed by atoms with van der Waals surface area (Å²) in [7, 11) is 0. The molecule has 0 bridgehead atoms. The van der Waals surface area contributed by atoms with E-state index in [2.05, 4.69) is 49.8 Å². The summed E-state index contributed by atoms with van der Waals surface area (Å²) in [5.41, 5.74) is 1.35. The molecule has 4 heteroatoms. The Kier molecular flexibility index (Phi) is 4.19. The molecule has 108 valence electrons. The highest BCUT2D eigenvalue weighted by atomic mass is 16.4. The standard InChI is InChI=1S/C15H27N3O/c1-11(2)16-8-13-10-19-14(17-13)18-7-6-12(9-18)15(3,4)5/h10-12,16H,6-9H2,1-5H3. The minimum Gasteiger partial charge on any atom is -0.432 e. The molecule has 2 rings (SSSR count). The largest absolute Gasteiger partial charge is 0.432 e. The van der Waals surface area contributed by atoms with Crippen LogP contribution >= 0.6 is 0 Å². The van der Waals surface area contributed by atoms with Gasteiger partial charge in [-0.05, 0) is 17.8 Å². The van der Waals surface area contributed by atoms with Crippen molar-refractivity contribution in [2.45, 2.75) is 53.6 Å². The minimum absolute atomic E-state index is 0.364. The lowest BCUT2D eigenvalue weighted by Crippen LogP contribution is -2.26. The zero-order chi connectivity index (χ0) is 14.0. The fraction of sp³-hybridized carbons (Fsp3) is 0.800. The summed E-state index contributed by atoms with van der Waals surface area (Å²) < 4.78 is 5.62. The lowest BCUT2D eigenvalue weighted by molar-refractivity contribution is 0.263. The monoisotopic (exact) mass is 265 g/mol. The third-order valence-electron chi connectivity index (χ3n) is 3.91. The van der Waals surface area contributed by atoms with Gasteiger partial charge in [0.15, 0.2) is 0 Å². The Balaban J connectivity index is 1.93. The summed E-state index contributed by atoms with van der Waals surface area (Å²) in [5, 5.41) is 3.36. The van der Waals surface area contributed by atoms with Crippen molar-refractivity contribution in [3.63, 3.8) is 0 Å². The molecule has 0 aromatic carbocycles. The molecule has 1 aromatic heterocycles. The molecule has 1 N–H and O–H groups in total. The quantitative estimate of drug-likeness (QED) is 0.908. The van der Waals surface area contributed by atoms with Crippen molar-refractivity contribution in [2.24, 2.45) is 11.3 Å². The Morgan fingerprint density at radius 2 is 2.21 bits per heavy atom. The number of rotatable bonds is 4. The van der Waals surface area contributed by atoms with E-state index in [1.807, 2.05) is 0 Å². The third kappa shape index (κ3) is 3.72. The van der Waals surface area contributed by atoms with E-state index in [1.165, 1.54) is 6.42 Å². The van der Waals surface area contributed by atoms with Gasteiger partial charge in [0.25, 0.3) is 6.01 Å². The summed E-state index contributed by atoms with van der Waals surface area (Å²) in [5.74, 6) is 0.719. The molecule has 1 atom stereocenters. The van der Waals surface area contributed by atoms with Gasteiger partial charge in [0.05, 0.1) is 5.69 Å². The van der Waals surface area contributed by atoms with Crippen molar-refractivity contribution in [1.82, 2.24) is 10.3 Å². The molecule has 1 saturated heterocycles. The van der Waals surface area contributed by atoms with Gasteiger partial charge in [-0.15, -0.1) is 0 Å². The van der Waals surface area contributed by atoms with Gasteiger partial charge >= 0.3 is 0 Å². The first-order chi connectivity index (χ1) is 8.86. The number of oxazole rings is 1. The van der Waals surface area contributed by atoms with Crippen LogP contribution < -0.4 is 10.2 Å². The van der Waals surface area contributed by atoms with Gasteiger partial charge in [-0.2, -0.15) is 4.98 Å². The number of nitrogens with zero attached hydrogens (tertiary/aromatic N) is 2. The molecule has 0 spiro atoms. The van der Waals surface area contributed by atoms with Crippen molar-refractivity contribution in [1.29, 1.82) is 0 Å². The summed E-state index contributed by atoms with van der Waals surface area (Å²) in [6.45, 7) is 14.1. The lowest BCUT2D eigenvalue weighted by Gasteiger charge is -2.26. The highest BCUT2D eigenvalue weighted by Gasteiger charge is 2.33. The van der Waals surface area contributed by atoms with Gasteiger partial charge in [0.1, 0.15) is 6.26 Å². The Morgan fingerprint density at radius 3 is 2.79 bits per heavy atom. The van der Waals surface area contributed by atoms with E-state index < -0.39 is 0 Å². The fourth-order valence-corrected chi connectivity index (χ4v) is 2.47. The van der Waals surface area contributed by atoms with Gasteiger partial charge in [-0.25, -0.2) is 0 Å². The van der Waals surface area contributed by atoms with E-state index in [-0.39, 0.29) is 0 Å². The molecular weight excluding hydrogens is 238 g/mol. The second-order valence-corrected chi connectivity index (χ2v) is 6.95. The first-order valence-corrected chi connectivity index (χ1v) is 7.29. The van der Waals surface area contributed by atoms with E-state index in [1.54, 1.807) is 6.26 Å². The molecule has 19 heavy (non-hydrogen) atoms. The predicted octanol–water partition coefficient (Wildman–Crippen LogP) is 3.05. The molecule has 4 nitrogen and oxygen atoms in total. The molecule has 1 fully saturated rings. The van der Waals surface area contributed by atoms with Crippen LogP contribution in [-0.2, 0) is 6.54 Å². The third-order valence-corrected chi connectivity index (χ3v) is 3.91. The van der Waals surface area contributed by atoms with Crippen LogP contribution in [0.1, 0.15) is 46.7 Å². The summed E-state index contributed by atoms with van der Waals surface area (Å²) in [6, 6.07) is 1.25. The van der Waals surface area contributed by atoms with Crippen LogP contribution in [0.3, 0.4) is 0 Å². The number of hydrogen-bond acceptors (Lipinski definition) is 4. The average molecular weight is 265 g/mol. The van der Waals surface area contributed by atoms with Crippen LogP contribution in [0.15, 0.2) is 10.7 Å². The van der Waals surface area contributed by atoms with Crippen LogP contribution in [0.2, 0.25) is 0 Å². The topological polar surface area (TPSA) is 41.3 Å². The normalized spacial score (nSPS) is 20.5. The maximum absolute atomic E-state index is 5.62. The molecule has 0 amide bonds. The van der Waals surface area contributed by atoms with E-state index in [9.17, 15) is 0 Å². The van der Waals surface area contributed by atoms with Crippen molar-refractivity contribution in [3.8, 4) is 0 Å². The number of hydrogen-bond donors (Lipinski definition) is 1. The summed E-state index contributed by atoms with van der Waals surface area (Å²) >= 11 is 0. The summed E-state index contributed by atoms with van der Waals surface area (Å²) in [6.07, 6.45) is 3.00. The molecule has 1 unspecified atom stereocenters. The molecule has 1 aliphatic rings. The van der Waals surface area contributed by atoms with Crippen LogP contribution in [0.5, 0.6) is 0 Å². The molecule has 0 radical (unpaired) electrons. The Hall–Kier alpha value is -1.03. The van der Waals surface area contributed by atoms with E-state index >= 15 is 0 Å².